The van der Waals surface area contributed by atoms with Gasteiger partial charge in [-0.1, -0.05) is 32.4 Å². The van der Waals surface area contributed by atoms with E-state index >= 15 is 0 Å². The van der Waals surface area contributed by atoms with Gasteiger partial charge >= 0.3 is 0 Å². The first-order chi connectivity index (χ1) is 10.0. The summed E-state index contributed by atoms with van der Waals surface area (Å²) in [6.07, 6.45) is 0.878. The Morgan fingerprint density at radius 2 is 2.00 bits per heavy atom. The van der Waals surface area contributed by atoms with Crippen molar-refractivity contribution in [3.8, 4) is 0 Å². The van der Waals surface area contributed by atoms with E-state index in [2.05, 4.69) is 33.9 Å². The quantitative estimate of drug-likeness (QED) is 0.707. The molecule has 1 radical (unpaired) electrons. The van der Waals surface area contributed by atoms with Crippen molar-refractivity contribution in [1.29, 1.82) is 0 Å². The average Bonchev–Trinajstić information content (AvgIpc) is 2.40. The molecule has 0 saturated carbocycles. The van der Waals surface area contributed by atoms with Crippen molar-refractivity contribution in [2.75, 3.05) is 13.2 Å². The second kappa shape index (κ2) is 7.47. The van der Waals surface area contributed by atoms with E-state index in [-0.39, 0.29) is 28.7 Å². The highest BCUT2D eigenvalue weighted by Crippen LogP contribution is 2.38. The van der Waals surface area contributed by atoms with Gasteiger partial charge in [0.1, 0.15) is 17.7 Å². The van der Waals surface area contributed by atoms with E-state index in [0.29, 0.717) is 12.4 Å². The second-order valence-electron chi connectivity index (χ2n) is 6.93. The van der Waals surface area contributed by atoms with Crippen LogP contribution in [0.2, 0.25) is 18.1 Å². The van der Waals surface area contributed by atoms with Gasteiger partial charge in [0.05, 0.1) is 23.8 Å². The third-order valence-corrected chi connectivity index (χ3v) is 9.07. The van der Waals surface area contributed by atoms with Gasteiger partial charge in [-0.3, -0.25) is 0 Å². The van der Waals surface area contributed by atoms with E-state index in [4.69, 9.17) is 20.8 Å². The molecular weight excluding hydrogens is 323 g/mol. The van der Waals surface area contributed by atoms with Crippen LogP contribution in [0.15, 0.2) is 22.2 Å². The fourth-order valence-corrected chi connectivity index (χ4v) is 3.01. The molecule has 0 fully saturated rings. The Labute approximate surface area is 139 Å². The summed E-state index contributed by atoms with van der Waals surface area (Å²) in [7, 11) is -2.02. The van der Waals surface area contributed by atoms with Crippen LogP contribution in [0.3, 0.4) is 0 Å². The van der Waals surface area contributed by atoms with Crippen molar-refractivity contribution in [2.24, 2.45) is 0 Å². The Kier molecular flexibility index (Phi) is 6.68. The van der Waals surface area contributed by atoms with Crippen LogP contribution in [0, 0.1) is 6.42 Å². The van der Waals surface area contributed by atoms with E-state index in [1.54, 1.807) is 6.42 Å². The molecule has 0 saturated heterocycles. The summed E-state index contributed by atoms with van der Waals surface area (Å²) in [5.41, 5.74) is 0.0943. The van der Waals surface area contributed by atoms with Crippen LogP contribution in [0.25, 0.3) is 0 Å². The molecule has 0 aliphatic heterocycles. The zero-order valence-corrected chi connectivity index (χ0v) is 16.1. The van der Waals surface area contributed by atoms with Crippen molar-refractivity contribution in [3.63, 3.8) is 0 Å². The maximum Gasteiger partial charge on any atom is 0.192 e. The number of rotatable bonds is 6. The van der Waals surface area contributed by atoms with Gasteiger partial charge in [0.15, 0.2) is 8.32 Å². The van der Waals surface area contributed by atoms with Crippen LogP contribution in [-0.2, 0) is 9.16 Å². The molecule has 0 heterocycles. The van der Waals surface area contributed by atoms with Gasteiger partial charge in [-0.15, -0.1) is 0 Å². The lowest BCUT2D eigenvalue weighted by molar-refractivity contribution is 0.117. The molecular formula is C16H27ClFO3Si. The Morgan fingerprint density at radius 3 is 2.50 bits per heavy atom. The number of aliphatic hydroxyl groups is 1. The van der Waals surface area contributed by atoms with Crippen LogP contribution in [-0.4, -0.2) is 32.7 Å². The third-order valence-electron chi connectivity index (χ3n) is 4.25. The standard InChI is InChI=1S/C16H27ClFO3Si/c1-7-20-13-9-8-11(17)15(18)14(13)12(19)10-21-22(5,6)16(2,3)4/h9,12,19H,7-8,10H2,1-6H3. The molecule has 1 aliphatic carbocycles. The van der Waals surface area contributed by atoms with E-state index < -0.39 is 20.2 Å². The zero-order valence-electron chi connectivity index (χ0n) is 14.3. The minimum Gasteiger partial charge on any atom is -0.497 e. The molecule has 3 nitrogen and oxygen atoms in total. The fourth-order valence-electron chi connectivity index (χ4n) is 1.83. The highest BCUT2D eigenvalue weighted by atomic mass is 35.5. The van der Waals surface area contributed by atoms with Gasteiger partial charge in [0, 0.05) is 6.42 Å². The topological polar surface area (TPSA) is 38.7 Å². The monoisotopic (exact) mass is 349 g/mol. The number of ether oxygens (including phenoxy) is 1. The first-order valence-corrected chi connectivity index (χ1v) is 10.9. The lowest BCUT2D eigenvalue weighted by Crippen LogP contribution is -2.43. The molecule has 0 bridgehead atoms. The smallest absolute Gasteiger partial charge is 0.192 e. The number of aliphatic hydroxyl groups excluding tert-OH is 1. The molecule has 0 spiro atoms. The second-order valence-corrected chi connectivity index (χ2v) is 12.2. The van der Waals surface area contributed by atoms with E-state index in [0.717, 1.165) is 0 Å². The van der Waals surface area contributed by atoms with Gasteiger partial charge < -0.3 is 14.3 Å². The molecule has 0 aromatic heterocycles. The SMILES string of the molecule is CCOC1=C(C(O)CO[Si](C)(C)C(C)(C)C)C(F)=C(Cl)C[CH]1. The van der Waals surface area contributed by atoms with E-state index in [1.807, 2.05) is 6.92 Å². The number of hydrogen-bond donors (Lipinski definition) is 1. The molecule has 1 unspecified atom stereocenters. The summed E-state index contributed by atoms with van der Waals surface area (Å²) < 4.78 is 25.7. The Hall–Kier alpha value is -0.363. The van der Waals surface area contributed by atoms with E-state index in [1.165, 1.54) is 0 Å². The Balaban J connectivity index is 2.92. The first-order valence-electron chi connectivity index (χ1n) is 7.58. The van der Waals surface area contributed by atoms with Crippen LogP contribution < -0.4 is 0 Å². The summed E-state index contributed by atoms with van der Waals surface area (Å²) in [6.45, 7) is 12.8. The number of halogens is 2. The minimum absolute atomic E-state index is 0.0224. The molecule has 1 N–H and O–H groups in total. The lowest BCUT2D eigenvalue weighted by Gasteiger charge is -2.37. The van der Waals surface area contributed by atoms with Gasteiger partial charge in [-0.05, 0) is 31.5 Å². The van der Waals surface area contributed by atoms with Crippen molar-refractivity contribution >= 4 is 19.9 Å². The minimum atomic E-state index is -2.02. The molecule has 127 valence electrons. The summed E-state index contributed by atoms with van der Waals surface area (Å²) in [5, 5.41) is 10.5. The normalized spacial score (nSPS) is 18.8. The van der Waals surface area contributed by atoms with Gasteiger partial charge in [0.25, 0.3) is 0 Å². The predicted molar refractivity (Wildman–Crippen MR) is 90.7 cm³/mol. The van der Waals surface area contributed by atoms with Crippen LogP contribution >= 0.6 is 11.6 Å². The maximum absolute atomic E-state index is 14.3. The zero-order chi connectivity index (χ0) is 17.1. The summed E-state index contributed by atoms with van der Waals surface area (Å²) in [6, 6.07) is 0. The highest BCUT2D eigenvalue weighted by molar-refractivity contribution is 6.74. The first kappa shape index (κ1) is 19.7. The molecule has 1 atom stereocenters. The largest absolute Gasteiger partial charge is 0.497 e. The summed E-state index contributed by atoms with van der Waals surface area (Å²) in [4.78, 5) is 0. The molecule has 0 aromatic rings. The predicted octanol–water partition coefficient (Wildman–Crippen LogP) is 4.69. The van der Waals surface area contributed by atoms with Crippen LogP contribution in [0.1, 0.15) is 34.1 Å². The van der Waals surface area contributed by atoms with Crippen molar-refractivity contribution in [1.82, 2.24) is 0 Å². The average molecular weight is 350 g/mol. The van der Waals surface area contributed by atoms with Crippen molar-refractivity contribution in [3.05, 3.63) is 28.6 Å². The maximum atomic E-state index is 14.3. The third kappa shape index (κ3) is 4.57. The van der Waals surface area contributed by atoms with Gasteiger partial charge in [-0.2, -0.15) is 0 Å². The molecule has 1 rings (SSSR count). The molecule has 0 aromatic carbocycles. The summed E-state index contributed by atoms with van der Waals surface area (Å²) in [5.74, 6) is -0.241. The Bertz CT molecular complexity index is 463. The molecule has 1 aliphatic rings. The van der Waals surface area contributed by atoms with Crippen molar-refractivity contribution < 1.29 is 18.7 Å². The molecule has 22 heavy (non-hydrogen) atoms. The van der Waals surface area contributed by atoms with Gasteiger partial charge in [0.2, 0.25) is 0 Å². The van der Waals surface area contributed by atoms with Crippen molar-refractivity contribution in [2.45, 2.75) is 58.4 Å². The highest BCUT2D eigenvalue weighted by Gasteiger charge is 2.38. The lowest BCUT2D eigenvalue weighted by atomic mass is 9.99. The Morgan fingerprint density at radius 1 is 1.41 bits per heavy atom. The molecule has 6 heteroatoms. The number of allylic oxidation sites excluding steroid dienone is 2. The van der Waals surface area contributed by atoms with Crippen LogP contribution in [0.5, 0.6) is 0 Å². The van der Waals surface area contributed by atoms with Gasteiger partial charge in [-0.25, -0.2) is 4.39 Å². The fraction of sp³-hybridized carbons (Fsp3) is 0.688. The van der Waals surface area contributed by atoms with Crippen LogP contribution in [0.4, 0.5) is 4.39 Å². The summed E-state index contributed by atoms with van der Waals surface area (Å²) >= 11 is 5.87. The number of hydrogen-bond acceptors (Lipinski definition) is 3. The molecule has 0 amide bonds. The van der Waals surface area contributed by atoms with E-state index in [9.17, 15) is 9.50 Å².